The van der Waals surface area contributed by atoms with Crippen LogP contribution in [0.25, 0.3) is 0 Å². The molecular formula is C10H10BNO. The summed E-state index contributed by atoms with van der Waals surface area (Å²) in [6.07, 6.45) is 0.550. The van der Waals surface area contributed by atoms with E-state index in [1.807, 2.05) is 12.9 Å². The molecule has 64 valence electrons. The van der Waals surface area contributed by atoms with E-state index in [4.69, 9.17) is 5.26 Å². The van der Waals surface area contributed by atoms with Crippen molar-refractivity contribution in [2.45, 2.75) is 13.1 Å². The largest absolute Gasteiger partial charge is 0.295 e. The van der Waals surface area contributed by atoms with Crippen molar-refractivity contribution in [2.75, 3.05) is 0 Å². The number of nitrogens with zero attached hydrogens (tertiary/aromatic N) is 1. The van der Waals surface area contributed by atoms with Crippen LogP contribution in [0.5, 0.6) is 0 Å². The van der Waals surface area contributed by atoms with Crippen molar-refractivity contribution in [3.63, 3.8) is 0 Å². The molecule has 0 saturated heterocycles. The lowest BCUT2D eigenvalue weighted by atomic mass is 9.75. The Morgan fingerprint density at radius 2 is 2.38 bits per heavy atom. The molecule has 0 aliphatic rings. The molecule has 0 N–H and O–H groups in total. The zero-order chi connectivity index (χ0) is 9.68. The lowest BCUT2D eigenvalue weighted by molar-refractivity contribution is 0.101. The number of carbonyl (C=O) groups excluding carboxylic acids is 1. The number of benzene rings is 1. The van der Waals surface area contributed by atoms with Gasteiger partial charge in [0, 0.05) is 5.56 Å². The maximum atomic E-state index is 11.4. The van der Waals surface area contributed by atoms with Crippen molar-refractivity contribution in [1.82, 2.24) is 0 Å². The second kappa shape index (κ2) is 4.47. The second-order valence-corrected chi connectivity index (χ2v) is 2.87. The third kappa shape index (κ3) is 2.45. The SMILES string of the molecule is CBCC(=O)c1cccc(C#N)c1. The van der Waals surface area contributed by atoms with Crippen LogP contribution in [0.3, 0.4) is 0 Å². The number of hydrogen-bond donors (Lipinski definition) is 0. The molecule has 1 aromatic carbocycles. The fraction of sp³-hybridized carbons (Fsp3) is 0.200. The van der Waals surface area contributed by atoms with Crippen molar-refractivity contribution in [3.8, 4) is 6.07 Å². The van der Waals surface area contributed by atoms with Crippen LogP contribution in [0.15, 0.2) is 24.3 Å². The summed E-state index contributed by atoms with van der Waals surface area (Å²) in [7, 11) is 0.843. The van der Waals surface area contributed by atoms with Crippen LogP contribution in [0.2, 0.25) is 13.1 Å². The zero-order valence-corrected chi connectivity index (χ0v) is 7.58. The maximum Gasteiger partial charge on any atom is 0.155 e. The Morgan fingerprint density at radius 3 is 3.00 bits per heavy atom. The highest BCUT2D eigenvalue weighted by molar-refractivity contribution is 6.41. The fourth-order valence-corrected chi connectivity index (χ4v) is 1.13. The molecule has 0 unspecified atom stereocenters. The van der Waals surface area contributed by atoms with Gasteiger partial charge in [-0.1, -0.05) is 19.0 Å². The summed E-state index contributed by atoms with van der Waals surface area (Å²) in [4.78, 5) is 11.4. The van der Waals surface area contributed by atoms with Gasteiger partial charge in [0.1, 0.15) is 7.28 Å². The van der Waals surface area contributed by atoms with E-state index in [1.54, 1.807) is 24.3 Å². The predicted octanol–water partition coefficient (Wildman–Crippen LogP) is 1.64. The number of ketones is 1. The third-order valence-corrected chi connectivity index (χ3v) is 1.79. The van der Waals surface area contributed by atoms with Gasteiger partial charge in [-0.25, -0.2) is 0 Å². The molecule has 0 aromatic heterocycles. The number of Topliss-reactive ketones (excluding diaryl/α,β-unsaturated/α-hetero) is 1. The Balaban J connectivity index is 2.90. The molecule has 0 spiro atoms. The molecular weight excluding hydrogens is 161 g/mol. The molecule has 0 fully saturated rings. The van der Waals surface area contributed by atoms with Crippen LogP contribution in [-0.2, 0) is 0 Å². The lowest BCUT2D eigenvalue weighted by Crippen LogP contribution is -2.00. The van der Waals surface area contributed by atoms with Crippen LogP contribution in [0.4, 0.5) is 0 Å². The summed E-state index contributed by atoms with van der Waals surface area (Å²) in [6, 6.07) is 8.83. The predicted molar refractivity (Wildman–Crippen MR) is 53.3 cm³/mol. The second-order valence-electron chi connectivity index (χ2n) is 2.87. The summed E-state index contributed by atoms with van der Waals surface area (Å²) < 4.78 is 0. The first kappa shape index (κ1) is 9.53. The lowest BCUT2D eigenvalue weighted by Gasteiger charge is -1.97. The quantitative estimate of drug-likeness (QED) is 0.512. The molecule has 0 atom stereocenters. The highest BCUT2D eigenvalue weighted by atomic mass is 16.1. The van der Waals surface area contributed by atoms with Gasteiger partial charge in [0.15, 0.2) is 5.78 Å². The summed E-state index contributed by atoms with van der Waals surface area (Å²) in [5, 5.41) is 8.61. The monoisotopic (exact) mass is 171 g/mol. The summed E-state index contributed by atoms with van der Waals surface area (Å²) in [5.41, 5.74) is 1.18. The molecule has 1 rings (SSSR count). The van der Waals surface area contributed by atoms with Gasteiger partial charge in [-0.05, 0) is 18.5 Å². The summed E-state index contributed by atoms with van der Waals surface area (Å²) >= 11 is 0. The van der Waals surface area contributed by atoms with Gasteiger partial charge in [-0.3, -0.25) is 4.79 Å². The highest BCUT2D eigenvalue weighted by Crippen LogP contribution is 2.06. The number of carbonyl (C=O) groups is 1. The van der Waals surface area contributed by atoms with Gasteiger partial charge in [0.25, 0.3) is 0 Å². The van der Waals surface area contributed by atoms with Gasteiger partial charge < -0.3 is 0 Å². The zero-order valence-electron chi connectivity index (χ0n) is 7.58. The van der Waals surface area contributed by atoms with Gasteiger partial charge in [0.05, 0.1) is 11.6 Å². The Bertz CT molecular complexity index is 354. The molecule has 2 nitrogen and oxygen atoms in total. The Morgan fingerprint density at radius 1 is 1.62 bits per heavy atom. The maximum absolute atomic E-state index is 11.4. The molecule has 0 saturated carbocycles. The molecule has 3 heteroatoms. The van der Waals surface area contributed by atoms with Gasteiger partial charge in [0.2, 0.25) is 0 Å². The third-order valence-electron chi connectivity index (χ3n) is 1.79. The van der Waals surface area contributed by atoms with E-state index >= 15 is 0 Å². The van der Waals surface area contributed by atoms with E-state index in [0.29, 0.717) is 17.4 Å². The first-order valence-electron chi connectivity index (χ1n) is 4.31. The molecule has 0 aliphatic carbocycles. The van der Waals surface area contributed by atoms with Crippen LogP contribution in [-0.4, -0.2) is 13.1 Å². The molecule has 0 radical (unpaired) electrons. The van der Waals surface area contributed by atoms with Gasteiger partial charge in [-0.2, -0.15) is 5.26 Å². The van der Waals surface area contributed by atoms with Crippen molar-refractivity contribution >= 4 is 13.1 Å². The topological polar surface area (TPSA) is 40.9 Å². The number of rotatable bonds is 3. The Hall–Kier alpha value is -1.56. The first-order valence-corrected chi connectivity index (χ1v) is 4.31. The minimum Gasteiger partial charge on any atom is -0.295 e. The molecule has 0 aliphatic heterocycles. The average molecular weight is 171 g/mol. The van der Waals surface area contributed by atoms with Crippen LogP contribution in [0, 0.1) is 11.3 Å². The smallest absolute Gasteiger partial charge is 0.155 e. The summed E-state index contributed by atoms with van der Waals surface area (Å²) in [5.74, 6) is 0.111. The standard InChI is InChI=1S/C10H10BNO/c1-11-6-10(13)9-4-2-3-8(5-9)7-12/h2-5,11H,6H2,1H3. The molecule has 0 heterocycles. The van der Waals surface area contributed by atoms with Gasteiger partial charge in [-0.15, -0.1) is 0 Å². The van der Waals surface area contributed by atoms with Crippen molar-refractivity contribution in [3.05, 3.63) is 35.4 Å². The van der Waals surface area contributed by atoms with E-state index < -0.39 is 0 Å². The molecule has 1 aromatic rings. The summed E-state index contributed by atoms with van der Waals surface area (Å²) in [6.45, 7) is 1.96. The van der Waals surface area contributed by atoms with Gasteiger partial charge >= 0.3 is 0 Å². The fourth-order valence-electron chi connectivity index (χ4n) is 1.13. The van der Waals surface area contributed by atoms with E-state index in [2.05, 4.69) is 0 Å². The van der Waals surface area contributed by atoms with E-state index in [-0.39, 0.29) is 5.78 Å². The van der Waals surface area contributed by atoms with E-state index in [1.165, 1.54) is 0 Å². The minimum absolute atomic E-state index is 0.111. The minimum atomic E-state index is 0.111. The first-order chi connectivity index (χ1) is 6.27. The van der Waals surface area contributed by atoms with E-state index in [9.17, 15) is 4.79 Å². The van der Waals surface area contributed by atoms with Crippen LogP contribution < -0.4 is 0 Å². The number of hydrogen-bond acceptors (Lipinski definition) is 2. The van der Waals surface area contributed by atoms with E-state index in [0.717, 1.165) is 7.28 Å². The van der Waals surface area contributed by atoms with Crippen molar-refractivity contribution in [1.29, 1.82) is 5.26 Å². The van der Waals surface area contributed by atoms with Crippen molar-refractivity contribution in [2.24, 2.45) is 0 Å². The Labute approximate surface area is 78.4 Å². The van der Waals surface area contributed by atoms with Crippen LogP contribution >= 0.6 is 0 Å². The molecule has 0 bridgehead atoms. The molecule has 0 amide bonds. The average Bonchev–Trinajstić information content (AvgIpc) is 2.18. The Kier molecular flexibility index (Phi) is 3.27. The molecule has 13 heavy (non-hydrogen) atoms. The highest BCUT2D eigenvalue weighted by Gasteiger charge is 2.04. The van der Waals surface area contributed by atoms with Crippen molar-refractivity contribution < 1.29 is 4.79 Å². The normalized spacial score (nSPS) is 8.92. The van der Waals surface area contributed by atoms with Crippen LogP contribution in [0.1, 0.15) is 15.9 Å². The number of nitriles is 1.